The van der Waals surface area contributed by atoms with Crippen LogP contribution in [-0.2, 0) is 6.54 Å². The quantitative estimate of drug-likeness (QED) is 0.583. The van der Waals surface area contributed by atoms with E-state index in [0.29, 0.717) is 18.5 Å². The summed E-state index contributed by atoms with van der Waals surface area (Å²) in [5.41, 5.74) is 6.68. The van der Waals surface area contributed by atoms with Gasteiger partial charge in [0.25, 0.3) is 0 Å². The lowest BCUT2D eigenvalue weighted by molar-refractivity contribution is 0.625. The van der Waals surface area contributed by atoms with E-state index < -0.39 is 0 Å². The van der Waals surface area contributed by atoms with Crippen molar-refractivity contribution in [2.75, 3.05) is 0 Å². The van der Waals surface area contributed by atoms with Gasteiger partial charge in [0.1, 0.15) is 6.33 Å². The molecule has 0 bridgehead atoms. The molecule has 0 amide bonds. The summed E-state index contributed by atoms with van der Waals surface area (Å²) >= 11 is 0. The van der Waals surface area contributed by atoms with Crippen molar-refractivity contribution in [3.8, 4) is 0 Å². The van der Waals surface area contributed by atoms with Crippen molar-refractivity contribution in [1.82, 2.24) is 15.3 Å². The minimum atomic E-state index is 0.508. The zero-order chi connectivity index (χ0) is 11.2. The Morgan fingerprint density at radius 1 is 1.50 bits per heavy atom. The van der Waals surface area contributed by atoms with Crippen LogP contribution in [0.15, 0.2) is 23.6 Å². The average Bonchev–Trinajstić information content (AvgIpc) is 2.81. The van der Waals surface area contributed by atoms with Gasteiger partial charge >= 0.3 is 0 Å². The molecule has 0 spiro atoms. The van der Waals surface area contributed by atoms with Gasteiger partial charge in [-0.1, -0.05) is 12.8 Å². The molecule has 5 heteroatoms. The van der Waals surface area contributed by atoms with Crippen molar-refractivity contribution >= 4 is 5.96 Å². The Morgan fingerprint density at radius 3 is 3.00 bits per heavy atom. The Labute approximate surface area is 95.2 Å². The summed E-state index contributed by atoms with van der Waals surface area (Å²) in [4.78, 5) is 12.2. The summed E-state index contributed by atoms with van der Waals surface area (Å²) < 4.78 is 0. The highest BCUT2D eigenvalue weighted by Crippen LogP contribution is 2.17. The largest absolute Gasteiger partial charge is 0.370 e. The van der Waals surface area contributed by atoms with Crippen LogP contribution < -0.4 is 11.1 Å². The monoisotopic (exact) mass is 219 g/mol. The molecule has 0 unspecified atom stereocenters. The Kier molecular flexibility index (Phi) is 3.69. The lowest BCUT2D eigenvalue weighted by Crippen LogP contribution is -2.38. The topological polar surface area (TPSA) is 76.2 Å². The molecule has 16 heavy (non-hydrogen) atoms. The number of hydrogen-bond acceptors (Lipinski definition) is 3. The number of nitrogens with one attached hydrogen (secondary N) is 1. The van der Waals surface area contributed by atoms with E-state index in [1.54, 1.807) is 6.20 Å². The van der Waals surface area contributed by atoms with E-state index >= 15 is 0 Å². The number of hydrogen-bond donors (Lipinski definition) is 2. The van der Waals surface area contributed by atoms with Crippen molar-refractivity contribution in [3.63, 3.8) is 0 Å². The van der Waals surface area contributed by atoms with Gasteiger partial charge in [0.2, 0.25) is 0 Å². The molecule has 2 rings (SSSR count). The highest BCUT2D eigenvalue weighted by Gasteiger charge is 2.14. The molecule has 1 aliphatic carbocycles. The highest BCUT2D eigenvalue weighted by atomic mass is 15.1. The molecule has 0 aliphatic heterocycles. The Hall–Kier alpha value is -1.65. The minimum Gasteiger partial charge on any atom is -0.370 e. The van der Waals surface area contributed by atoms with Gasteiger partial charge in [0.05, 0.1) is 12.2 Å². The smallest absolute Gasteiger partial charge is 0.189 e. The predicted molar refractivity (Wildman–Crippen MR) is 62.8 cm³/mol. The molecule has 1 fully saturated rings. The molecule has 1 aliphatic rings. The van der Waals surface area contributed by atoms with E-state index in [2.05, 4.69) is 20.3 Å². The van der Waals surface area contributed by atoms with Gasteiger partial charge in [0.15, 0.2) is 5.96 Å². The average molecular weight is 219 g/mol. The maximum absolute atomic E-state index is 5.80. The zero-order valence-electron chi connectivity index (χ0n) is 9.26. The van der Waals surface area contributed by atoms with Gasteiger partial charge in [-0.2, -0.15) is 0 Å². The minimum absolute atomic E-state index is 0.508. The first kappa shape index (κ1) is 10.9. The molecule has 3 N–H and O–H groups in total. The van der Waals surface area contributed by atoms with Crippen LogP contribution in [0, 0.1) is 0 Å². The fourth-order valence-corrected chi connectivity index (χ4v) is 1.90. The van der Waals surface area contributed by atoms with Crippen LogP contribution in [0.3, 0.4) is 0 Å². The van der Waals surface area contributed by atoms with Crippen LogP contribution in [0.25, 0.3) is 0 Å². The van der Waals surface area contributed by atoms with Gasteiger partial charge < -0.3 is 11.1 Å². The van der Waals surface area contributed by atoms with Crippen LogP contribution in [-0.4, -0.2) is 22.0 Å². The van der Waals surface area contributed by atoms with Crippen molar-refractivity contribution in [2.45, 2.75) is 38.3 Å². The predicted octanol–water partition coefficient (Wildman–Crippen LogP) is 0.823. The SMILES string of the molecule is NC(=NCc1ccncn1)NC1CCCC1. The molecule has 86 valence electrons. The van der Waals surface area contributed by atoms with Crippen molar-refractivity contribution in [1.29, 1.82) is 0 Å². The van der Waals surface area contributed by atoms with Gasteiger partial charge in [-0.3, -0.25) is 0 Å². The molecule has 1 aromatic rings. The van der Waals surface area contributed by atoms with Gasteiger partial charge in [-0.05, 0) is 18.9 Å². The van der Waals surface area contributed by atoms with Crippen molar-refractivity contribution in [3.05, 3.63) is 24.3 Å². The van der Waals surface area contributed by atoms with Crippen LogP contribution >= 0.6 is 0 Å². The molecule has 0 atom stereocenters. The Balaban J connectivity index is 1.82. The second-order valence-electron chi connectivity index (χ2n) is 4.03. The number of nitrogens with two attached hydrogens (primary N) is 1. The van der Waals surface area contributed by atoms with Gasteiger partial charge in [-0.25, -0.2) is 15.0 Å². The molecule has 1 heterocycles. The van der Waals surface area contributed by atoms with Crippen LogP contribution in [0.5, 0.6) is 0 Å². The molecule has 0 radical (unpaired) electrons. The first-order valence-electron chi connectivity index (χ1n) is 5.66. The number of aromatic nitrogens is 2. The third-order valence-corrected chi connectivity index (χ3v) is 2.76. The maximum Gasteiger partial charge on any atom is 0.189 e. The van der Waals surface area contributed by atoms with E-state index in [-0.39, 0.29) is 0 Å². The number of rotatable bonds is 3. The second-order valence-corrected chi connectivity index (χ2v) is 4.03. The van der Waals surface area contributed by atoms with E-state index in [4.69, 9.17) is 5.73 Å². The summed E-state index contributed by atoms with van der Waals surface area (Å²) in [6.45, 7) is 0.508. The number of guanidine groups is 1. The molecule has 1 saturated carbocycles. The molecule has 0 aromatic carbocycles. The fraction of sp³-hybridized carbons (Fsp3) is 0.545. The third kappa shape index (κ3) is 3.18. The van der Waals surface area contributed by atoms with E-state index in [1.807, 2.05) is 6.07 Å². The van der Waals surface area contributed by atoms with Crippen molar-refractivity contribution < 1.29 is 0 Å². The Bertz CT molecular complexity index is 343. The molecule has 0 saturated heterocycles. The first-order valence-corrected chi connectivity index (χ1v) is 5.66. The zero-order valence-corrected chi connectivity index (χ0v) is 9.26. The fourth-order valence-electron chi connectivity index (χ4n) is 1.90. The summed E-state index contributed by atoms with van der Waals surface area (Å²) in [6, 6.07) is 2.35. The number of nitrogens with zero attached hydrogens (tertiary/aromatic N) is 3. The molecular formula is C11H17N5. The van der Waals surface area contributed by atoms with Crippen LogP contribution in [0.2, 0.25) is 0 Å². The normalized spacial score (nSPS) is 17.6. The summed E-state index contributed by atoms with van der Waals surface area (Å²) in [7, 11) is 0. The summed E-state index contributed by atoms with van der Waals surface area (Å²) in [5, 5.41) is 3.23. The van der Waals surface area contributed by atoms with Crippen LogP contribution in [0.1, 0.15) is 31.4 Å². The standard InChI is InChI=1S/C11H17N5/c12-11(16-9-3-1-2-4-9)14-7-10-5-6-13-8-15-10/h5-6,8-9H,1-4,7H2,(H3,12,14,16). The van der Waals surface area contributed by atoms with Gasteiger partial charge in [0, 0.05) is 12.2 Å². The molecule has 1 aromatic heterocycles. The van der Waals surface area contributed by atoms with E-state index in [0.717, 1.165) is 5.69 Å². The Morgan fingerprint density at radius 2 is 2.31 bits per heavy atom. The maximum atomic E-state index is 5.80. The lowest BCUT2D eigenvalue weighted by atomic mass is 10.2. The molecule has 5 nitrogen and oxygen atoms in total. The first-order chi connectivity index (χ1) is 7.84. The van der Waals surface area contributed by atoms with E-state index in [1.165, 1.54) is 32.0 Å². The summed E-state index contributed by atoms with van der Waals surface area (Å²) in [5.74, 6) is 0.519. The van der Waals surface area contributed by atoms with Gasteiger partial charge in [-0.15, -0.1) is 0 Å². The van der Waals surface area contributed by atoms with E-state index in [9.17, 15) is 0 Å². The van der Waals surface area contributed by atoms with Crippen molar-refractivity contribution in [2.24, 2.45) is 10.7 Å². The summed E-state index contributed by atoms with van der Waals surface area (Å²) in [6.07, 6.45) is 8.20. The third-order valence-electron chi connectivity index (χ3n) is 2.76. The second kappa shape index (κ2) is 5.44. The lowest BCUT2D eigenvalue weighted by Gasteiger charge is -2.11. The van der Waals surface area contributed by atoms with Crippen LogP contribution in [0.4, 0.5) is 0 Å². The molecular weight excluding hydrogens is 202 g/mol. The number of aliphatic imine (C=N–C) groups is 1. The highest BCUT2D eigenvalue weighted by molar-refractivity contribution is 5.78.